The van der Waals surface area contributed by atoms with Gasteiger partial charge >= 0.3 is 0 Å². The zero-order valence-corrected chi connectivity index (χ0v) is 12.2. The second kappa shape index (κ2) is 9.07. The predicted molar refractivity (Wildman–Crippen MR) is 77.2 cm³/mol. The Balaban J connectivity index is 2.36. The number of amides is 1. The van der Waals surface area contributed by atoms with Crippen molar-refractivity contribution in [2.45, 2.75) is 19.4 Å². The molecule has 0 aliphatic carbocycles. The Morgan fingerprint density at radius 3 is 2.95 bits per heavy atom. The molecule has 5 heteroatoms. The van der Waals surface area contributed by atoms with Gasteiger partial charge in [0.2, 0.25) is 5.91 Å². The Morgan fingerprint density at radius 1 is 1.53 bits per heavy atom. The van der Waals surface area contributed by atoms with Gasteiger partial charge in [0, 0.05) is 45.9 Å². The van der Waals surface area contributed by atoms with Crippen LogP contribution in [0.4, 0.5) is 0 Å². The lowest BCUT2D eigenvalue weighted by atomic mass is 10.1. The van der Waals surface area contributed by atoms with Crippen LogP contribution in [0.1, 0.15) is 13.3 Å². The van der Waals surface area contributed by atoms with Gasteiger partial charge in [-0.3, -0.25) is 14.6 Å². The molecule has 0 aromatic rings. The molecule has 1 fully saturated rings. The number of methoxy groups -OCH3 is 1. The third-order valence-electron chi connectivity index (χ3n) is 3.55. The number of carbonyl (C=O) groups is 1. The molecule has 1 N–H and O–H groups in total. The van der Waals surface area contributed by atoms with Crippen LogP contribution in [-0.2, 0) is 9.53 Å². The Bertz CT molecular complexity index is 284. The van der Waals surface area contributed by atoms with Gasteiger partial charge in [-0.25, -0.2) is 0 Å². The van der Waals surface area contributed by atoms with Gasteiger partial charge in [-0.05, 0) is 6.42 Å². The molecule has 5 nitrogen and oxygen atoms in total. The molecule has 0 saturated carbocycles. The van der Waals surface area contributed by atoms with Crippen LogP contribution >= 0.6 is 0 Å². The van der Waals surface area contributed by atoms with Crippen molar-refractivity contribution in [3.8, 4) is 0 Å². The highest BCUT2D eigenvalue weighted by atomic mass is 16.5. The van der Waals surface area contributed by atoms with Gasteiger partial charge in [-0.15, -0.1) is 6.58 Å². The maximum Gasteiger partial charge on any atom is 0.234 e. The summed E-state index contributed by atoms with van der Waals surface area (Å²) in [6.45, 7) is 11.5. The number of nitrogens with one attached hydrogen (secondary N) is 1. The summed E-state index contributed by atoms with van der Waals surface area (Å²) < 4.78 is 5.14. The lowest BCUT2D eigenvalue weighted by Crippen LogP contribution is -2.55. The van der Waals surface area contributed by atoms with Crippen LogP contribution in [0.2, 0.25) is 0 Å². The van der Waals surface area contributed by atoms with E-state index in [1.807, 2.05) is 0 Å². The Kier molecular flexibility index (Phi) is 7.70. The SMILES string of the molecule is C=CCNC(=O)CN1CCN(CCOC)[C@@H](CC)C1. The smallest absolute Gasteiger partial charge is 0.234 e. The van der Waals surface area contributed by atoms with Gasteiger partial charge in [-0.2, -0.15) is 0 Å². The largest absolute Gasteiger partial charge is 0.383 e. The van der Waals surface area contributed by atoms with E-state index < -0.39 is 0 Å². The van der Waals surface area contributed by atoms with Gasteiger partial charge in [0.25, 0.3) is 0 Å². The molecule has 1 heterocycles. The summed E-state index contributed by atoms with van der Waals surface area (Å²) >= 11 is 0. The van der Waals surface area contributed by atoms with Crippen molar-refractivity contribution >= 4 is 5.91 Å². The fourth-order valence-electron chi connectivity index (χ4n) is 2.44. The van der Waals surface area contributed by atoms with Gasteiger partial charge in [0.05, 0.1) is 13.2 Å². The Morgan fingerprint density at radius 2 is 2.32 bits per heavy atom. The normalized spacial score (nSPS) is 21.3. The van der Waals surface area contributed by atoms with Crippen LogP contribution in [0.3, 0.4) is 0 Å². The van der Waals surface area contributed by atoms with Crippen molar-refractivity contribution in [1.82, 2.24) is 15.1 Å². The highest BCUT2D eigenvalue weighted by molar-refractivity contribution is 5.78. The van der Waals surface area contributed by atoms with Gasteiger partial charge in [-0.1, -0.05) is 13.0 Å². The first-order valence-electron chi connectivity index (χ1n) is 7.04. The second-order valence-corrected chi connectivity index (χ2v) is 4.92. The van der Waals surface area contributed by atoms with E-state index in [0.29, 0.717) is 19.1 Å². The van der Waals surface area contributed by atoms with Crippen molar-refractivity contribution in [1.29, 1.82) is 0 Å². The molecule has 0 bridgehead atoms. The minimum Gasteiger partial charge on any atom is -0.383 e. The van der Waals surface area contributed by atoms with Gasteiger partial charge in [0.1, 0.15) is 0 Å². The van der Waals surface area contributed by atoms with E-state index >= 15 is 0 Å². The zero-order chi connectivity index (χ0) is 14.1. The first-order chi connectivity index (χ1) is 9.21. The van der Waals surface area contributed by atoms with Crippen LogP contribution in [0.5, 0.6) is 0 Å². The molecule has 1 aliphatic rings. The molecule has 1 aliphatic heterocycles. The number of piperazine rings is 1. The van der Waals surface area contributed by atoms with E-state index in [1.54, 1.807) is 13.2 Å². The maximum atomic E-state index is 11.7. The highest BCUT2D eigenvalue weighted by Gasteiger charge is 2.26. The molecule has 0 spiro atoms. The van der Waals surface area contributed by atoms with Crippen molar-refractivity contribution < 1.29 is 9.53 Å². The van der Waals surface area contributed by atoms with E-state index in [1.165, 1.54) is 0 Å². The van der Waals surface area contributed by atoms with Crippen LogP contribution in [0.25, 0.3) is 0 Å². The fraction of sp³-hybridized carbons (Fsp3) is 0.786. The van der Waals surface area contributed by atoms with E-state index in [0.717, 1.165) is 39.2 Å². The number of ether oxygens (including phenoxy) is 1. The summed E-state index contributed by atoms with van der Waals surface area (Å²) in [5.74, 6) is 0.0834. The first kappa shape index (κ1) is 16.1. The molecule has 1 rings (SSSR count). The Hall–Kier alpha value is -0.910. The van der Waals surface area contributed by atoms with Crippen molar-refractivity contribution in [3.63, 3.8) is 0 Å². The molecule has 0 aromatic carbocycles. The van der Waals surface area contributed by atoms with E-state index in [-0.39, 0.29) is 5.91 Å². The fourth-order valence-corrected chi connectivity index (χ4v) is 2.44. The molecule has 1 saturated heterocycles. The van der Waals surface area contributed by atoms with E-state index in [2.05, 4.69) is 28.6 Å². The molecule has 110 valence electrons. The molecule has 0 aromatic heterocycles. The van der Waals surface area contributed by atoms with Crippen LogP contribution in [0.15, 0.2) is 12.7 Å². The molecule has 1 amide bonds. The molecular formula is C14H27N3O2. The summed E-state index contributed by atoms with van der Waals surface area (Å²) in [6, 6.07) is 0.524. The van der Waals surface area contributed by atoms with Crippen molar-refractivity contribution in [3.05, 3.63) is 12.7 Å². The molecule has 0 radical (unpaired) electrons. The maximum absolute atomic E-state index is 11.7. The van der Waals surface area contributed by atoms with Crippen molar-refractivity contribution in [2.24, 2.45) is 0 Å². The molecule has 1 atom stereocenters. The quantitative estimate of drug-likeness (QED) is 0.645. The summed E-state index contributed by atoms with van der Waals surface area (Å²) in [5.41, 5.74) is 0. The Labute approximate surface area is 116 Å². The number of nitrogens with zero attached hydrogens (tertiary/aromatic N) is 2. The number of hydrogen-bond donors (Lipinski definition) is 1. The average molecular weight is 269 g/mol. The lowest BCUT2D eigenvalue weighted by Gasteiger charge is -2.40. The van der Waals surface area contributed by atoms with Crippen LogP contribution in [0, 0.1) is 0 Å². The van der Waals surface area contributed by atoms with E-state index in [9.17, 15) is 4.79 Å². The summed E-state index contributed by atoms with van der Waals surface area (Å²) in [6.07, 6.45) is 2.81. The third-order valence-corrected chi connectivity index (χ3v) is 3.55. The van der Waals surface area contributed by atoms with Crippen LogP contribution < -0.4 is 5.32 Å². The summed E-state index contributed by atoms with van der Waals surface area (Å²) in [7, 11) is 1.74. The molecule has 19 heavy (non-hydrogen) atoms. The number of carbonyl (C=O) groups excluding carboxylic acids is 1. The van der Waals surface area contributed by atoms with Crippen molar-refractivity contribution in [2.75, 3.05) is 53.0 Å². The number of rotatable bonds is 8. The number of hydrogen-bond acceptors (Lipinski definition) is 4. The standard InChI is InChI=1S/C14H27N3O2/c1-4-6-15-14(18)12-16-7-8-17(9-10-19-3)13(5-2)11-16/h4,13H,1,5-12H2,2-3H3,(H,15,18)/t13-/m0/s1. The van der Waals surface area contributed by atoms with Gasteiger partial charge < -0.3 is 10.1 Å². The molecule has 0 unspecified atom stereocenters. The average Bonchev–Trinajstić information content (AvgIpc) is 2.43. The first-order valence-corrected chi connectivity index (χ1v) is 7.04. The predicted octanol–water partition coefficient (Wildman–Crippen LogP) is 0.331. The minimum atomic E-state index is 0.0834. The van der Waals surface area contributed by atoms with Gasteiger partial charge in [0.15, 0.2) is 0 Å². The topological polar surface area (TPSA) is 44.8 Å². The monoisotopic (exact) mass is 269 g/mol. The van der Waals surface area contributed by atoms with E-state index in [4.69, 9.17) is 4.74 Å². The van der Waals surface area contributed by atoms with Crippen LogP contribution in [-0.4, -0.2) is 74.7 Å². The summed E-state index contributed by atoms with van der Waals surface area (Å²) in [5, 5.41) is 2.83. The zero-order valence-electron chi connectivity index (χ0n) is 12.2. The highest BCUT2D eigenvalue weighted by Crippen LogP contribution is 2.12. The minimum absolute atomic E-state index is 0.0834. The lowest BCUT2D eigenvalue weighted by molar-refractivity contribution is -0.122. The second-order valence-electron chi connectivity index (χ2n) is 4.92. The third kappa shape index (κ3) is 5.72. The summed E-state index contributed by atoms with van der Waals surface area (Å²) in [4.78, 5) is 16.4. The molecular weight excluding hydrogens is 242 g/mol.